The Kier molecular flexibility index (Phi) is 6.82. The van der Waals surface area contributed by atoms with Crippen molar-refractivity contribution in [2.24, 2.45) is 5.92 Å². The smallest absolute Gasteiger partial charge is 0.269 e. The Hall–Kier alpha value is -2.93. The van der Waals surface area contributed by atoms with E-state index in [0.717, 1.165) is 38.2 Å². The first-order valence-electron chi connectivity index (χ1n) is 9.85. The molecule has 0 saturated carbocycles. The number of non-ortho nitro benzene ring substituents is 1. The second-order valence-electron chi connectivity index (χ2n) is 7.53. The lowest BCUT2D eigenvalue weighted by Gasteiger charge is -2.32. The number of aryl methyl sites for hydroxylation is 1. The minimum Gasteiger partial charge on any atom is -0.497 e. The fraction of sp³-hybridized carbons (Fsp3) is 0.409. The number of rotatable bonds is 7. The minimum atomic E-state index is -0.450. The van der Waals surface area contributed by atoms with Crippen molar-refractivity contribution < 1.29 is 14.5 Å². The number of nitro benzene ring substituents is 1. The molecule has 0 unspecified atom stereocenters. The standard InChI is InChI=1S/C22H27N3O4/c1-16-13-19(25(27)28)5-8-21(16)22(26)23-14-17-9-11-24(12-10-17)15-18-3-6-20(29-2)7-4-18/h3-8,13,17H,9-12,14-15H2,1-2H3,(H,23,26). The predicted octanol–water partition coefficient (Wildman–Crippen LogP) is 3.55. The third-order valence-corrected chi connectivity index (χ3v) is 5.49. The van der Waals surface area contributed by atoms with Gasteiger partial charge in [0.2, 0.25) is 0 Å². The summed E-state index contributed by atoms with van der Waals surface area (Å²) in [4.78, 5) is 25.3. The molecule has 0 aromatic heterocycles. The number of hydrogen-bond donors (Lipinski definition) is 1. The van der Waals surface area contributed by atoms with Gasteiger partial charge in [0.05, 0.1) is 12.0 Å². The molecule has 1 saturated heterocycles. The fourth-order valence-corrected chi connectivity index (χ4v) is 3.69. The van der Waals surface area contributed by atoms with E-state index in [1.165, 1.54) is 23.8 Å². The summed E-state index contributed by atoms with van der Waals surface area (Å²) in [6, 6.07) is 12.5. The molecule has 0 bridgehead atoms. The molecule has 1 amide bonds. The lowest BCUT2D eigenvalue weighted by Crippen LogP contribution is -2.38. The van der Waals surface area contributed by atoms with Gasteiger partial charge in [-0.3, -0.25) is 19.8 Å². The minimum absolute atomic E-state index is 0.00304. The average molecular weight is 397 g/mol. The van der Waals surface area contributed by atoms with Crippen LogP contribution in [0.3, 0.4) is 0 Å². The van der Waals surface area contributed by atoms with E-state index >= 15 is 0 Å². The van der Waals surface area contributed by atoms with Gasteiger partial charge >= 0.3 is 0 Å². The van der Waals surface area contributed by atoms with Crippen LogP contribution in [0.1, 0.15) is 34.3 Å². The highest BCUT2D eigenvalue weighted by molar-refractivity contribution is 5.95. The largest absolute Gasteiger partial charge is 0.497 e. The number of nitrogens with zero attached hydrogens (tertiary/aromatic N) is 2. The summed E-state index contributed by atoms with van der Waals surface area (Å²) in [5.41, 5.74) is 2.38. The Morgan fingerprint density at radius 2 is 1.90 bits per heavy atom. The molecule has 7 nitrogen and oxygen atoms in total. The number of amides is 1. The monoisotopic (exact) mass is 397 g/mol. The van der Waals surface area contributed by atoms with Crippen molar-refractivity contribution in [3.63, 3.8) is 0 Å². The summed E-state index contributed by atoms with van der Waals surface area (Å²) in [6.07, 6.45) is 2.07. The number of nitro groups is 1. The molecule has 2 aromatic carbocycles. The van der Waals surface area contributed by atoms with E-state index in [2.05, 4.69) is 22.3 Å². The van der Waals surface area contributed by atoms with Crippen LogP contribution in [-0.2, 0) is 6.54 Å². The number of likely N-dealkylation sites (tertiary alicyclic amines) is 1. The van der Waals surface area contributed by atoms with Crippen LogP contribution in [0.4, 0.5) is 5.69 Å². The van der Waals surface area contributed by atoms with Crippen LogP contribution in [0, 0.1) is 23.0 Å². The molecule has 1 aliphatic rings. The molecule has 1 heterocycles. The van der Waals surface area contributed by atoms with E-state index in [-0.39, 0.29) is 11.6 Å². The maximum absolute atomic E-state index is 12.4. The topological polar surface area (TPSA) is 84.7 Å². The highest BCUT2D eigenvalue weighted by atomic mass is 16.6. The normalized spacial score (nSPS) is 15.1. The van der Waals surface area contributed by atoms with E-state index in [1.807, 2.05) is 12.1 Å². The molecule has 1 fully saturated rings. The van der Waals surface area contributed by atoms with Crippen LogP contribution in [0.5, 0.6) is 5.75 Å². The number of hydrogen-bond acceptors (Lipinski definition) is 5. The van der Waals surface area contributed by atoms with Crippen LogP contribution in [0.15, 0.2) is 42.5 Å². The Morgan fingerprint density at radius 3 is 2.48 bits per heavy atom. The molecule has 154 valence electrons. The predicted molar refractivity (Wildman–Crippen MR) is 111 cm³/mol. The third kappa shape index (κ3) is 5.54. The van der Waals surface area contributed by atoms with E-state index in [1.54, 1.807) is 14.0 Å². The number of carbonyl (C=O) groups excluding carboxylic acids is 1. The Morgan fingerprint density at radius 1 is 1.21 bits per heavy atom. The summed E-state index contributed by atoms with van der Waals surface area (Å²) in [5.74, 6) is 1.15. The number of benzene rings is 2. The highest BCUT2D eigenvalue weighted by Gasteiger charge is 2.21. The lowest BCUT2D eigenvalue weighted by atomic mass is 9.96. The zero-order valence-electron chi connectivity index (χ0n) is 16.9. The highest BCUT2D eigenvalue weighted by Crippen LogP contribution is 2.21. The van der Waals surface area contributed by atoms with Crippen LogP contribution in [-0.4, -0.2) is 42.5 Å². The first-order valence-corrected chi connectivity index (χ1v) is 9.85. The van der Waals surface area contributed by atoms with Crippen molar-refractivity contribution in [1.82, 2.24) is 10.2 Å². The number of ether oxygens (including phenoxy) is 1. The van der Waals surface area contributed by atoms with E-state index in [0.29, 0.717) is 23.6 Å². The van der Waals surface area contributed by atoms with Gasteiger partial charge in [0, 0.05) is 30.8 Å². The van der Waals surface area contributed by atoms with Gasteiger partial charge in [-0.2, -0.15) is 0 Å². The molecule has 1 aliphatic heterocycles. The summed E-state index contributed by atoms with van der Waals surface area (Å²) < 4.78 is 5.20. The first kappa shape index (κ1) is 20.8. The van der Waals surface area contributed by atoms with Crippen molar-refractivity contribution in [1.29, 1.82) is 0 Å². The SMILES string of the molecule is COc1ccc(CN2CCC(CNC(=O)c3ccc([N+](=O)[O-])cc3C)CC2)cc1. The van der Waals surface area contributed by atoms with Crippen LogP contribution < -0.4 is 10.1 Å². The third-order valence-electron chi connectivity index (χ3n) is 5.49. The Labute approximate surface area is 170 Å². The molecule has 0 spiro atoms. The van der Waals surface area contributed by atoms with Crippen LogP contribution in [0.2, 0.25) is 0 Å². The number of nitrogens with one attached hydrogen (secondary N) is 1. The number of carbonyl (C=O) groups is 1. The molecule has 1 N–H and O–H groups in total. The summed E-state index contributed by atoms with van der Waals surface area (Å²) in [7, 11) is 1.67. The van der Waals surface area contributed by atoms with Gasteiger partial charge in [-0.25, -0.2) is 0 Å². The van der Waals surface area contributed by atoms with E-state index < -0.39 is 4.92 Å². The zero-order valence-corrected chi connectivity index (χ0v) is 16.9. The second-order valence-corrected chi connectivity index (χ2v) is 7.53. The van der Waals surface area contributed by atoms with Crippen molar-refractivity contribution in [3.8, 4) is 5.75 Å². The molecule has 29 heavy (non-hydrogen) atoms. The zero-order chi connectivity index (χ0) is 20.8. The molecular weight excluding hydrogens is 370 g/mol. The van der Waals surface area contributed by atoms with Crippen molar-refractivity contribution in [2.45, 2.75) is 26.3 Å². The Balaban J connectivity index is 1.44. The van der Waals surface area contributed by atoms with Crippen LogP contribution in [0.25, 0.3) is 0 Å². The number of methoxy groups -OCH3 is 1. The molecule has 7 heteroatoms. The molecule has 0 atom stereocenters. The van der Waals surface area contributed by atoms with Gasteiger partial charge in [0.1, 0.15) is 5.75 Å². The molecule has 0 aliphatic carbocycles. The molecular formula is C22H27N3O4. The van der Waals surface area contributed by atoms with Crippen LogP contribution >= 0.6 is 0 Å². The van der Waals surface area contributed by atoms with Gasteiger partial charge in [-0.1, -0.05) is 12.1 Å². The van der Waals surface area contributed by atoms with Gasteiger partial charge < -0.3 is 10.1 Å². The number of piperidine rings is 1. The molecule has 2 aromatic rings. The van der Waals surface area contributed by atoms with Gasteiger partial charge in [-0.05, 0) is 68.1 Å². The van der Waals surface area contributed by atoms with Crippen molar-refractivity contribution in [3.05, 3.63) is 69.3 Å². The maximum Gasteiger partial charge on any atom is 0.269 e. The fourth-order valence-electron chi connectivity index (χ4n) is 3.69. The summed E-state index contributed by atoms with van der Waals surface area (Å²) in [5, 5.41) is 13.8. The van der Waals surface area contributed by atoms with Crippen molar-refractivity contribution >= 4 is 11.6 Å². The lowest BCUT2D eigenvalue weighted by molar-refractivity contribution is -0.384. The molecule has 0 radical (unpaired) electrons. The van der Waals surface area contributed by atoms with E-state index in [4.69, 9.17) is 4.74 Å². The van der Waals surface area contributed by atoms with Gasteiger partial charge in [-0.15, -0.1) is 0 Å². The summed E-state index contributed by atoms with van der Waals surface area (Å²) in [6.45, 7) is 5.28. The quantitative estimate of drug-likeness (QED) is 0.570. The maximum atomic E-state index is 12.4. The Bertz CT molecular complexity index is 859. The van der Waals surface area contributed by atoms with Gasteiger partial charge in [0.25, 0.3) is 11.6 Å². The molecule has 3 rings (SSSR count). The second kappa shape index (κ2) is 9.52. The summed E-state index contributed by atoms with van der Waals surface area (Å²) >= 11 is 0. The van der Waals surface area contributed by atoms with Crippen molar-refractivity contribution in [2.75, 3.05) is 26.7 Å². The van der Waals surface area contributed by atoms with E-state index in [9.17, 15) is 14.9 Å². The van der Waals surface area contributed by atoms with Gasteiger partial charge in [0.15, 0.2) is 0 Å². The first-order chi connectivity index (χ1) is 14.0. The average Bonchev–Trinajstić information content (AvgIpc) is 2.73.